The zero-order valence-electron chi connectivity index (χ0n) is 8.30. The molecule has 2 aromatic heterocycles. The minimum atomic E-state index is -0.576. The van der Waals surface area contributed by atoms with E-state index in [1.807, 2.05) is 0 Å². The quantitative estimate of drug-likeness (QED) is 0.890. The van der Waals surface area contributed by atoms with Crippen LogP contribution in [0.15, 0.2) is 35.7 Å². The van der Waals surface area contributed by atoms with E-state index in [1.54, 1.807) is 29.9 Å². The number of rotatable bonds is 3. The van der Waals surface area contributed by atoms with Crippen LogP contribution < -0.4 is 0 Å². The van der Waals surface area contributed by atoms with Gasteiger partial charge in [-0.05, 0) is 29.2 Å². The summed E-state index contributed by atoms with van der Waals surface area (Å²) in [6.45, 7) is -0.576. The predicted molar refractivity (Wildman–Crippen MR) is 61.5 cm³/mol. The molecule has 1 N–H and O–H groups in total. The summed E-state index contributed by atoms with van der Waals surface area (Å²) in [5, 5.41) is 10.3. The lowest BCUT2D eigenvalue weighted by Crippen LogP contribution is -1.83. The molecule has 0 spiro atoms. The summed E-state index contributed by atoms with van der Waals surface area (Å²) in [5.74, 6) is 0.0647. The van der Waals surface area contributed by atoms with Gasteiger partial charge in [0.25, 0.3) is 0 Å². The first-order chi connectivity index (χ1) is 7.79. The Morgan fingerprint density at radius 2 is 2.19 bits per heavy atom. The molecule has 0 radical (unpaired) electrons. The van der Waals surface area contributed by atoms with Gasteiger partial charge in [0.15, 0.2) is 5.82 Å². The van der Waals surface area contributed by atoms with Crippen LogP contribution in [0.2, 0.25) is 0 Å². The van der Waals surface area contributed by atoms with Crippen molar-refractivity contribution in [3.8, 4) is 10.7 Å². The van der Waals surface area contributed by atoms with Crippen LogP contribution in [0.4, 0.5) is 4.39 Å². The molecule has 16 heavy (non-hydrogen) atoms. The van der Waals surface area contributed by atoms with Crippen LogP contribution in [0.1, 0.15) is 5.56 Å². The number of aliphatic hydroxyl groups is 1. The SMILES string of the molecule is OC/C(F)=C/c1csc(-c2ncccn2)c1. The van der Waals surface area contributed by atoms with Crippen LogP contribution in [-0.2, 0) is 0 Å². The third-order valence-corrected chi connectivity index (χ3v) is 2.82. The number of aliphatic hydroxyl groups excluding tert-OH is 1. The van der Waals surface area contributed by atoms with Gasteiger partial charge in [0.1, 0.15) is 5.83 Å². The molecule has 0 saturated carbocycles. The molecule has 0 aliphatic rings. The van der Waals surface area contributed by atoms with Crippen LogP contribution in [0.3, 0.4) is 0 Å². The van der Waals surface area contributed by atoms with Gasteiger partial charge < -0.3 is 5.11 Å². The molecule has 82 valence electrons. The molecule has 0 aromatic carbocycles. The maximum Gasteiger partial charge on any atom is 0.169 e. The van der Waals surface area contributed by atoms with Gasteiger partial charge in [-0.1, -0.05) is 0 Å². The summed E-state index contributed by atoms with van der Waals surface area (Å²) < 4.78 is 12.8. The van der Waals surface area contributed by atoms with E-state index in [9.17, 15) is 4.39 Å². The molecule has 0 saturated heterocycles. The second kappa shape index (κ2) is 4.96. The third-order valence-electron chi connectivity index (χ3n) is 1.88. The summed E-state index contributed by atoms with van der Waals surface area (Å²) in [4.78, 5) is 9.07. The summed E-state index contributed by atoms with van der Waals surface area (Å²) in [7, 11) is 0. The van der Waals surface area contributed by atoms with Crippen molar-refractivity contribution in [3.63, 3.8) is 0 Å². The number of hydrogen-bond acceptors (Lipinski definition) is 4. The van der Waals surface area contributed by atoms with Gasteiger partial charge in [-0.25, -0.2) is 14.4 Å². The number of halogens is 1. The summed E-state index contributed by atoms with van der Waals surface area (Å²) in [6.07, 6.45) is 4.61. The monoisotopic (exact) mass is 236 g/mol. The summed E-state index contributed by atoms with van der Waals surface area (Å²) in [6, 6.07) is 3.53. The molecule has 2 rings (SSSR count). The zero-order valence-corrected chi connectivity index (χ0v) is 9.12. The highest BCUT2D eigenvalue weighted by Crippen LogP contribution is 2.25. The molecule has 0 atom stereocenters. The molecule has 0 fully saturated rings. The van der Waals surface area contributed by atoms with E-state index in [2.05, 4.69) is 9.97 Å². The van der Waals surface area contributed by atoms with Gasteiger partial charge >= 0.3 is 0 Å². The molecule has 2 aromatic rings. The van der Waals surface area contributed by atoms with Crippen molar-refractivity contribution in [3.05, 3.63) is 41.3 Å². The van der Waals surface area contributed by atoms with E-state index in [4.69, 9.17) is 5.11 Å². The fourth-order valence-corrected chi connectivity index (χ4v) is 2.01. The van der Waals surface area contributed by atoms with Crippen LogP contribution >= 0.6 is 11.3 Å². The minimum Gasteiger partial charge on any atom is -0.389 e. The van der Waals surface area contributed by atoms with Gasteiger partial charge in [-0.3, -0.25) is 0 Å². The fraction of sp³-hybridized carbons (Fsp3) is 0.0909. The molecule has 0 amide bonds. The standard InChI is InChI=1S/C11H9FN2OS/c12-9(6-15)4-8-5-10(16-7-8)11-13-2-1-3-14-11/h1-5,7,15H,6H2/b9-4-. The Balaban J connectivity index is 2.27. The van der Waals surface area contributed by atoms with E-state index in [0.717, 1.165) is 4.88 Å². The van der Waals surface area contributed by atoms with E-state index in [0.29, 0.717) is 11.4 Å². The van der Waals surface area contributed by atoms with E-state index >= 15 is 0 Å². The lowest BCUT2D eigenvalue weighted by Gasteiger charge is -1.92. The van der Waals surface area contributed by atoms with Crippen molar-refractivity contribution in [1.82, 2.24) is 9.97 Å². The first-order valence-corrected chi connectivity index (χ1v) is 5.50. The highest BCUT2D eigenvalue weighted by Gasteiger charge is 2.03. The Bertz CT molecular complexity index is 496. The van der Waals surface area contributed by atoms with Crippen LogP contribution in [0.5, 0.6) is 0 Å². The first kappa shape index (κ1) is 10.9. The Labute approximate surface area is 95.9 Å². The number of thiophene rings is 1. The Morgan fingerprint density at radius 1 is 1.44 bits per heavy atom. The Morgan fingerprint density at radius 3 is 2.88 bits per heavy atom. The normalized spacial score (nSPS) is 11.8. The van der Waals surface area contributed by atoms with Gasteiger partial charge in [0.05, 0.1) is 11.5 Å². The lowest BCUT2D eigenvalue weighted by molar-refractivity contribution is 0.300. The van der Waals surface area contributed by atoms with E-state index in [-0.39, 0.29) is 0 Å². The van der Waals surface area contributed by atoms with Crippen molar-refractivity contribution < 1.29 is 9.50 Å². The van der Waals surface area contributed by atoms with Crippen LogP contribution in [0.25, 0.3) is 16.8 Å². The number of hydrogen-bond donors (Lipinski definition) is 1. The molecule has 0 bridgehead atoms. The van der Waals surface area contributed by atoms with Crippen molar-refractivity contribution in [2.45, 2.75) is 0 Å². The van der Waals surface area contributed by atoms with Crippen LogP contribution in [-0.4, -0.2) is 21.7 Å². The van der Waals surface area contributed by atoms with Crippen molar-refractivity contribution in [2.75, 3.05) is 6.61 Å². The van der Waals surface area contributed by atoms with Gasteiger partial charge in [0, 0.05) is 12.4 Å². The molecular formula is C11H9FN2OS. The smallest absolute Gasteiger partial charge is 0.169 e. The van der Waals surface area contributed by atoms with E-state index in [1.165, 1.54) is 17.4 Å². The highest BCUT2D eigenvalue weighted by molar-refractivity contribution is 7.13. The topological polar surface area (TPSA) is 46.0 Å². The lowest BCUT2D eigenvalue weighted by atomic mass is 10.2. The first-order valence-electron chi connectivity index (χ1n) is 4.62. The molecule has 2 heterocycles. The Hall–Kier alpha value is -1.59. The summed E-state index contributed by atoms with van der Waals surface area (Å²) in [5.41, 5.74) is 0.707. The average Bonchev–Trinajstić information content (AvgIpc) is 2.78. The largest absolute Gasteiger partial charge is 0.389 e. The third kappa shape index (κ3) is 2.50. The molecule has 0 aliphatic heterocycles. The van der Waals surface area contributed by atoms with Gasteiger partial charge in [-0.2, -0.15) is 0 Å². The van der Waals surface area contributed by atoms with Gasteiger partial charge in [0.2, 0.25) is 0 Å². The molecule has 0 aliphatic carbocycles. The molecular weight excluding hydrogens is 227 g/mol. The Kier molecular flexibility index (Phi) is 3.38. The van der Waals surface area contributed by atoms with Crippen molar-refractivity contribution in [1.29, 1.82) is 0 Å². The van der Waals surface area contributed by atoms with E-state index < -0.39 is 12.4 Å². The van der Waals surface area contributed by atoms with Crippen LogP contribution in [0, 0.1) is 0 Å². The molecule has 0 unspecified atom stereocenters. The second-order valence-electron chi connectivity index (χ2n) is 3.07. The van der Waals surface area contributed by atoms with Crippen molar-refractivity contribution >= 4 is 17.4 Å². The zero-order chi connectivity index (χ0) is 11.4. The molecule has 5 heteroatoms. The molecule has 3 nitrogen and oxygen atoms in total. The summed E-state index contributed by atoms with van der Waals surface area (Å²) >= 11 is 1.44. The predicted octanol–water partition coefficient (Wildman–Crippen LogP) is 2.51. The number of aromatic nitrogens is 2. The van der Waals surface area contributed by atoms with Crippen molar-refractivity contribution in [2.24, 2.45) is 0 Å². The fourth-order valence-electron chi connectivity index (χ4n) is 1.20. The minimum absolute atomic E-state index is 0.557. The average molecular weight is 236 g/mol. The number of nitrogens with zero attached hydrogens (tertiary/aromatic N) is 2. The second-order valence-corrected chi connectivity index (χ2v) is 3.98. The maximum atomic E-state index is 12.8. The maximum absolute atomic E-state index is 12.8. The highest BCUT2D eigenvalue weighted by atomic mass is 32.1. The van der Waals surface area contributed by atoms with Gasteiger partial charge in [-0.15, -0.1) is 11.3 Å².